The Balaban J connectivity index is 1.85. The number of thioether (sulfide) groups is 1. The van der Waals surface area contributed by atoms with E-state index in [1.165, 1.54) is 23.9 Å². The van der Waals surface area contributed by atoms with E-state index in [0.717, 1.165) is 11.1 Å². The van der Waals surface area contributed by atoms with Gasteiger partial charge in [0.1, 0.15) is 5.82 Å². The average molecular weight is 382 g/mol. The first-order chi connectivity index (χ1) is 13.0. The van der Waals surface area contributed by atoms with Crippen LogP contribution >= 0.6 is 11.8 Å². The predicted molar refractivity (Wildman–Crippen MR) is 106 cm³/mol. The number of para-hydroxylation sites is 1. The maximum Gasteiger partial charge on any atom is 0.262 e. The third kappa shape index (κ3) is 3.35. The van der Waals surface area contributed by atoms with Crippen molar-refractivity contribution in [1.82, 2.24) is 19.2 Å². The third-order valence-electron chi connectivity index (χ3n) is 4.28. The van der Waals surface area contributed by atoms with Gasteiger partial charge < -0.3 is 0 Å². The van der Waals surface area contributed by atoms with Crippen LogP contribution in [0.4, 0.5) is 4.39 Å². The molecule has 0 spiro atoms. The van der Waals surface area contributed by atoms with Crippen molar-refractivity contribution in [1.29, 1.82) is 0 Å². The number of nitrogens with zero attached hydrogens (tertiary/aromatic N) is 4. The summed E-state index contributed by atoms with van der Waals surface area (Å²) in [5.41, 5.74) is 1.60. The molecular formula is C20H19FN4OS. The molecule has 0 aliphatic heterocycles. The van der Waals surface area contributed by atoms with Crippen molar-refractivity contribution in [2.45, 2.75) is 31.3 Å². The SMILES string of the molecule is CC(C)Cn1c(=O)c2ccccc2n2c(SCc3cccc(F)c3)nnc12. The number of hydrogen-bond acceptors (Lipinski definition) is 4. The molecule has 0 radical (unpaired) electrons. The Hall–Kier alpha value is -2.67. The summed E-state index contributed by atoms with van der Waals surface area (Å²) in [6.45, 7) is 4.70. The highest BCUT2D eigenvalue weighted by Gasteiger charge is 2.17. The Morgan fingerprint density at radius 3 is 2.70 bits per heavy atom. The molecule has 0 saturated carbocycles. The molecule has 7 heteroatoms. The summed E-state index contributed by atoms with van der Waals surface area (Å²) >= 11 is 1.47. The van der Waals surface area contributed by atoms with Crippen molar-refractivity contribution in [3.05, 3.63) is 70.3 Å². The van der Waals surface area contributed by atoms with Gasteiger partial charge in [-0.05, 0) is 35.7 Å². The molecule has 0 aliphatic carbocycles. The van der Waals surface area contributed by atoms with Gasteiger partial charge in [-0.15, -0.1) is 10.2 Å². The van der Waals surface area contributed by atoms with Gasteiger partial charge in [0.05, 0.1) is 10.9 Å². The fraction of sp³-hybridized carbons (Fsp3) is 0.250. The van der Waals surface area contributed by atoms with Crippen LogP contribution in [-0.4, -0.2) is 19.2 Å². The van der Waals surface area contributed by atoms with E-state index in [1.54, 1.807) is 10.6 Å². The lowest BCUT2D eigenvalue weighted by Gasteiger charge is -2.12. The minimum atomic E-state index is -0.254. The Morgan fingerprint density at radius 1 is 1.11 bits per heavy atom. The summed E-state index contributed by atoms with van der Waals surface area (Å²) < 4.78 is 17.0. The molecule has 138 valence electrons. The van der Waals surface area contributed by atoms with Crippen molar-refractivity contribution in [3.63, 3.8) is 0 Å². The standard InChI is InChI=1S/C20H19FN4OS/c1-13(2)11-24-18(26)16-8-3-4-9-17(16)25-19(24)22-23-20(25)27-12-14-6-5-7-15(21)10-14/h3-10,13H,11-12H2,1-2H3. The highest BCUT2D eigenvalue weighted by atomic mass is 32.2. The van der Waals surface area contributed by atoms with E-state index in [9.17, 15) is 9.18 Å². The first-order valence-corrected chi connectivity index (χ1v) is 9.77. The quantitative estimate of drug-likeness (QED) is 0.487. The first-order valence-electron chi connectivity index (χ1n) is 8.78. The summed E-state index contributed by atoms with van der Waals surface area (Å²) in [7, 11) is 0. The number of halogens is 1. The van der Waals surface area contributed by atoms with Crippen molar-refractivity contribution in [3.8, 4) is 0 Å². The molecule has 2 aromatic heterocycles. The van der Waals surface area contributed by atoms with Gasteiger partial charge in [-0.1, -0.05) is 49.9 Å². The van der Waals surface area contributed by atoms with Crippen molar-refractivity contribution in [2.24, 2.45) is 5.92 Å². The van der Waals surface area contributed by atoms with Crippen molar-refractivity contribution in [2.75, 3.05) is 0 Å². The average Bonchev–Trinajstić information content (AvgIpc) is 3.07. The number of aromatic nitrogens is 4. The summed E-state index contributed by atoms with van der Waals surface area (Å²) in [5.74, 6) is 1.15. The highest BCUT2D eigenvalue weighted by molar-refractivity contribution is 7.98. The molecule has 0 unspecified atom stereocenters. The lowest BCUT2D eigenvalue weighted by Crippen LogP contribution is -2.25. The Morgan fingerprint density at radius 2 is 1.93 bits per heavy atom. The lowest BCUT2D eigenvalue weighted by atomic mass is 10.2. The molecule has 0 fully saturated rings. The molecule has 2 aromatic carbocycles. The van der Waals surface area contributed by atoms with Crippen LogP contribution in [0.2, 0.25) is 0 Å². The molecule has 0 amide bonds. The zero-order chi connectivity index (χ0) is 19.0. The molecule has 0 atom stereocenters. The summed E-state index contributed by atoms with van der Waals surface area (Å²) in [6, 6.07) is 14.0. The van der Waals surface area contributed by atoms with Gasteiger partial charge in [-0.3, -0.25) is 13.8 Å². The second-order valence-corrected chi connectivity index (χ2v) is 7.81. The molecule has 0 aliphatic rings. The van der Waals surface area contributed by atoms with Gasteiger partial charge in [0.2, 0.25) is 5.78 Å². The monoisotopic (exact) mass is 382 g/mol. The largest absolute Gasteiger partial charge is 0.276 e. The lowest BCUT2D eigenvalue weighted by molar-refractivity contribution is 0.517. The molecule has 0 N–H and O–H groups in total. The maximum atomic E-state index is 13.4. The van der Waals surface area contributed by atoms with Gasteiger partial charge in [0.15, 0.2) is 5.16 Å². The molecular weight excluding hydrogens is 363 g/mol. The first kappa shape index (κ1) is 17.7. The molecule has 2 heterocycles. The van der Waals surface area contributed by atoms with E-state index >= 15 is 0 Å². The molecule has 5 nitrogen and oxygen atoms in total. The smallest absolute Gasteiger partial charge is 0.262 e. The van der Waals surface area contributed by atoms with Gasteiger partial charge in [0.25, 0.3) is 5.56 Å². The van der Waals surface area contributed by atoms with Gasteiger partial charge in [-0.25, -0.2) is 4.39 Å². The van der Waals surface area contributed by atoms with Gasteiger partial charge >= 0.3 is 0 Å². The van der Waals surface area contributed by atoms with Crippen LogP contribution in [0.1, 0.15) is 19.4 Å². The minimum Gasteiger partial charge on any atom is -0.276 e. The summed E-state index contributed by atoms with van der Waals surface area (Å²) in [4.78, 5) is 12.9. The van der Waals surface area contributed by atoms with E-state index in [-0.39, 0.29) is 11.4 Å². The van der Waals surface area contributed by atoms with E-state index < -0.39 is 0 Å². The predicted octanol–water partition coefficient (Wildman–Crippen LogP) is 4.13. The third-order valence-corrected chi connectivity index (χ3v) is 5.28. The number of fused-ring (bicyclic) bond motifs is 3. The van der Waals surface area contributed by atoms with E-state index in [0.29, 0.717) is 34.5 Å². The van der Waals surface area contributed by atoms with Gasteiger partial charge in [0, 0.05) is 12.3 Å². The molecule has 4 aromatic rings. The van der Waals surface area contributed by atoms with Crippen LogP contribution < -0.4 is 5.56 Å². The molecule has 27 heavy (non-hydrogen) atoms. The minimum absolute atomic E-state index is 0.0547. The maximum absolute atomic E-state index is 13.4. The number of rotatable bonds is 5. The van der Waals surface area contributed by atoms with Crippen LogP contribution in [0.25, 0.3) is 16.7 Å². The van der Waals surface area contributed by atoms with Crippen LogP contribution in [0.5, 0.6) is 0 Å². The van der Waals surface area contributed by atoms with Crippen LogP contribution in [0.3, 0.4) is 0 Å². The zero-order valence-corrected chi connectivity index (χ0v) is 15.9. The molecule has 0 bridgehead atoms. The second-order valence-electron chi connectivity index (χ2n) is 6.86. The molecule has 0 saturated heterocycles. The Labute approximate surface area is 159 Å². The Kier molecular flexibility index (Phi) is 4.70. The molecule has 4 rings (SSSR count). The number of hydrogen-bond donors (Lipinski definition) is 0. The van der Waals surface area contributed by atoms with Crippen LogP contribution in [0.15, 0.2) is 58.5 Å². The second kappa shape index (κ2) is 7.15. The summed E-state index contributed by atoms with van der Waals surface area (Å²) in [6.07, 6.45) is 0. The number of benzene rings is 2. The normalized spacial score (nSPS) is 11.7. The van der Waals surface area contributed by atoms with Crippen LogP contribution in [-0.2, 0) is 12.3 Å². The van der Waals surface area contributed by atoms with Crippen LogP contribution in [0, 0.1) is 11.7 Å². The van der Waals surface area contributed by atoms with Gasteiger partial charge in [-0.2, -0.15) is 0 Å². The van der Waals surface area contributed by atoms with Crippen molar-refractivity contribution < 1.29 is 4.39 Å². The van der Waals surface area contributed by atoms with Crippen molar-refractivity contribution >= 4 is 28.4 Å². The fourth-order valence-corrected chi connectivity index (χ4v) is 4.01. The topological polar surface area (TPSA) is 52.2 Å². The zero-order valence-electron chi connectivity index (χ0n) is 15.1. The van der Waals surface area contributed by atoms with E-state index in [4.69, 9.17) is 0 Å². The fourth-order valence-electron chi connectivity index (χ4n) is 3.13. The van der Waals surface area contributed by atoms with E-state index in [1.807, 2.05) is 34.7 Å². The summed E-state index contributed by atoms with van der Waals surface area (Å²) in [5, 5.41) is 9.93. The highest BCUT2D eigenvalue weighted by Crippen LogP contribution is 2.25. The Bertz CT molecular complexity index is 1180. The van der Waals surface area contributed by atoms with E-state index in [2.05, 4.69) is 24.0 Å².